The monoisotopic (exact) mass is 328 g/mol. The molecule has 0 saturated carbocycles. The van der Waals surface area contributed by atoms with E-state index in [1.807, 2.05) is 42.5 Å². The SMILES string of the molecule is CCCC[C@H](CN(O)C=O)NC(=O)Cc1cccc2ccccc12. The van der Waals surface area contributed by atoms with Gasteiger partial charge >= 0.3 is 0 Å². The number of amides is 2. The van der Waals surface area contributed by atoms with Crippen molar-refractivity contribution in [3.8, 4) is 0 Å². The third kappa shape index (κ3) is 5.06. The fraction of sp³-hybridized carbons (Fsp3) is 0.368. The summed E-state index contributed by atoms with van der Waals surface area (Å²) in [6, 6.07) is 13.6. The number of hydroxylamine groups is 2. The average Bonchev–Trinajstić information content (AvgIpc) is 2.59. The van der Waals surface area contributed by atoms with Crippen molar-refractivity contribution < 1.29 is 14.8 Å². The Kier molecular flexibility index (Phi) is 6.75. The van der Waals surface area contributed by atoms with Crippen molar-refractivity contribution >= 4 is 23.1 Å². The number of rotatable bonds is 9. The van der Waals surface area contributed by atoms with Crippen molar-refractivity contribution in [2.24, 2.45) is 0 Å². The van der Waals surface area contributed by atoms with Crippen LogP contribution in [0.5, 0.6) is 0 Å². The van der Waals surface area contributed by atoms with E-state index in [9.17, 15) is 14.8 Å². The second kappa shape index (κ2) is 9.03. The zero-order valence-electron chi connectivity index (χ0n) is 13.9. The van der Waals surface area contributed by atoms with Crippen LogP contribution in [0.2, 0.25) is 0 Å². The minimum atomic E-state index is -0.248. The van der Waals surface area contributed by atoms with Crippen LogP contribution in [-0.4, -0.2) is 35.2 Å². The van der Waals surface area contributed by atoms with Gasteiger partial charge in [-0.05, 0) is 22.8 Å². The van der Waals surface area contributed by atoms with E-state index in [4.69, 9.17) is 0 Å². The number of nitrogens with zero attached hydrogens (tertiary/aromatic N) is 1. The van der Waals surface area contributed by atoms with Gasteiger partial charge in [0.25, 0.3) is 0 Å². The molecule has 0 fully saturated rings. The van der Waals surface area contributed by atoms with Gasteiger partial charge in [0.1, 0.15) is 0 Å². The fourth-order valence-electron chi connectivity index (χ4n) is 2.83. The van der Waals surface area contributed by atoms with Crippen LogP contribution in [0.3, 0.4) is 0 Å². The second-order valence-electron chi connectivity index (χ2n) is 5.95. The molecule has 0 heterocycles. The van der Waals surface area contributed by atoms with Crippen molar-refractivity contribution in [1.29, 1.82) is 0 Å². The molecule has 0 spiro atoms. The van der Waals surface area contributed by atoms with Gasteiger partial charge in [-0.3, -0.25) is 14.8 Å². The van der Waals surface area contributed by atoms with Gasteiger partial charge in [-0.2, -0.15) is 0 Å². The van der Waals surface area contributed by atoms with Gasteiger partial charge < -0.3 is 5.32 Å². The molecule has 128 valence electrons. The molecule has 2 N–H and O–H groups in total. The molecule has 0 aromatic heterocycles. The number of nitrogens with one attached hydrogen (secondary N) is 1. The number of carbonyl (C=O) groups excluding carboxylic acids is 2. The molecule has 0 aliphatic heterocycles. The van der Waals surface area contributed by atoms with Gasteiger partial charge in [0, 0.05) is 6.04 Å². The molecule has 0 bridgehead atoms. The first-order valence-corrected chi connectivity index (χ1v) is 8.31. The van der Waals surface area contributed by atoms with Gasteiger partial charge in [0.2, 0.25) is 12.3 Å². The zero-order chi connectivity index (χ0) is 17.4. The maximum absolute atomic E-state index is 12.4. The molecule has 0 saturated heterocycles. The van der Waals surface area contributed by atoms with Gasteiger partial charge in [-0.25, -0.2) is 5.06 Å². The molecule has 2 aromatic carbocycles. The minimum absolute atomic E-state index is 0.102. The lowest BCUT2D eigenvalue weighted by molar-refractivity contribution is -0.151. The van der Waals surface area contributed by atoms with Gasteiger partial charge in [-0.1, -0.05) is 62.2 Å². The van der Waals surface area contributed by atoms with E-state index in [-0.39, 0.29) is 24.9 Å². The lowest BCUT2D eigenvalue weighted by Gasteiger charge is -2.21. The van der Waals surface area contributed by atoms with Crippen molar-refractivity contribution in [3.05, 3.63) is 48.0 Å². The molecule has 0 aliphatic carbocycles. The number of hydrogen-bond donors (Lipinski definition) is 2. The first kappa shape index (κ1) is 17.9. The van der Waals surface area contributed by atoms with E-state index in [0.717, 1.165) is 35.6 Å². The Labute approximate surface area is 142 Å². The number of hydrogen-bond acceptors (Lipinski definition) is 3. The number of unbranched alkanes of at least 4 members (excludes halogenated alkanes) is 1. The molecule has 0 aliphatic rings. The fourth-order valence-corrected chi connectivity index (χ4v) is 2.83. The second-order valence-corrected chi connectivity index (χ2v) is 5.95. The molecular formula is C19H24N2O3. The minimum Gasteiger partial charge on any atom is -0.351 e. The van der Waals surface area contributed by atoms with Crippen molar-refractivity contribution in [2.75, 3.05) is 6.54 Å². The molecule has 5 heteroatoms. The van der Waals surface area contributed by atoms with Crippen LogP contribution in [0, 0.1) is 0 Å². The van der Waals surface area contributed by atoms with E-state index in [1.165, 1.54) is 0 Å². The summed E-state index contributed by atoms with van der Waals surface area (Å²) in [4.78, 5) is 23.0. The first-order valence-electron chi connectivity index (χ1n) is 8.31. The van der Waals surface area contributed by atoms with Gasteiger partial charge in [0.05, 0.1) is 13.0 Å². The molecular weight excluding hydrogens is 304 g/mol. The summed E-state index contributed by atoms with van der Waals surface area (Å²) in [5.74, 6) is -0.105. The molecule has 1 atom stereocenters. The standard InChI is InChI=1S/C19H24N2O3/c1-2-3-10-17(13-21(24)14-22)20-19(23)12-16-9-6-8-15-7-4-5-11-18(15)16/h4-9,11,14,17,24H,2-3,10,12-13H2,1H3,(H,20,23)/t17-/m1/s1. The molecule has 2 rings (SSSR count). The highest BCUT2D eigenvalue weighted by atomic mass is 16.5. The quantitative estimate of drug-likeness (QED) is 0.422. The van der Waals surface area contributed by atoms with Crippen LogP contribution < -0.4 is 5.32 Å². The molecule has 2 aromatic rings. The Morgan fingerprint density at radius 1 is 1.25 bits per heavy atom. The Morgan fingerprint density at radius 2 is 2.00 bits per heavy atom. The highest BCUT2D eigenvalue weighted by Gasteiger charge is 2.15. The highest BCUT2D eigenvalue weighted by Crippen LogP contribution is 2.19. The Bertz CT molecular complexity index is 682. The van der Waals surface area contributed by atoms with E-state index in [1.54, 1.807) is 0 Å². The van der Waals surface area contributed by atoms with E-state index >= 15 is 0 Å². The molecule has 5 nitrogen and oxygen atoms in total. The molecule has 24 heavy (non-hydrogen) atoms. The number of carbonyl (C=O) groups is 2. The van der Waals surface area contributed by atoms with Gasteiger partial charge in [-0.15, -0.1) is 0 Å². The number of fused-ring (bicyclic) bond motifs is 1. The maximum atomic E-state index is 12.4. The topological polar surface area (TPSA) is 69.6 Å². The summed E-state index contributed by atoms with van der Waals surface area (Å²) in [7, 11) is 0. The predicted octanol–water partition coefficient (Wildman–Crippen LogP) is 2.90. The number of benzene rings is 2. The summed E-state index contributed by atoms with van der Waals surface area (Å²) in [6.45, 7) is 2.16. The molecule has 2 amide bonds. The molecule has 0 unspecified atom stereocenters. The van der Waals surface area contributed by atoms with Crippen molar-refractivity contribution in [1.82, 2.24) is 10.4 Å². The normalized spacial score (nSPS) is 11.9. The zero-order valence-corrected chi connectivity index (χ0v) is 13.9. The predicted molar refractivity (Wildman–Crippen MR) is 93.7 cm³/mol. The van der Waals surface area contributed by atoms with Crippen molar-refractivity contribution in [2.45, 2.75) is 38.6 Å². The summed E-state index contributed by atoms with van der Waals surface area (Å²) in [5, 5.41) is 15.1. The lowest BCUT2D eigenvalue weighted by atomic mass is 10.0. The lowest BCUT2D eigenvalue weighted by Crippen LogP contribution is -2.43. The third-order valence-electron chi connectivity index (χ3n) is 4.03. The average molecular weight is 328 g/mol. The Hall–Kier alpha value is -2.40. The largest absolute Gasteiger partial charge is 0.351 e. The molecule has 0 radical (unpaired) electrons. The summed E-state index contributed by atoms with van der Waals surface area (Å²) < 4.78 is 0. The first-order chi connectivity index (χ1) is 11.6. The van der Waals surface area contributed by atoms with E-state index in [0.29, 0.717) is 11.5 Å². The third-order valence-corrected chi connectivity index (χ3v) is 4.03. The Balaban J connectivity index is 2.04. The van der Waals surface area contributed by atoms with E-state index < -0.39 is 0 Å². The van der Waals surface area contributed by atoms with Gasteiger partial charge in [0.15, 0.2) is 0 Å². The summed E-state index contributed by atoms with van der Waals surface area (Å²) >= 11 is 0. The highest BCUT2D eigenvalue weighted by molar-refractivity contribution is 5.90. The Morgan fingerprint density at radius 3 is 2.75 bits per heavy atom. The summed E-state index contributed by atoms with van der Waals surface area (Å²) in [6.07, 6.45) is 3.27. The van der Waals surface area contributed by atoms with Crippen LogP contribution in [0.25, 0.3) is 10.8 Å². The van der Waals surface area contributed by atoms with Crippen molar-refractivity contribution in [3.63, 3.8) is 0 Å². The van der Waals surface area contributed by atoms with Crippen LogP contribution >= 0.6 is 0 Å². The van der Waals surface area contributed by atoms with Crippen LogP contribution in [0.1, 0.15) is 31.7 Å². The van der Waals surface area contributed by atoms with Crippen LogP contribution in [0.15, 0.2) is 42.5 Å². The smallest absolute Gasteiger partial charge is 0.233 e. The maximum Gasteiger partial charge on any atom is 0.233 e. The van der Waals surface area contributed by atoms with Crippen LogP contribution in [0.4, 0.5) is 0 Å². The van der Waals surface area contributed by atoms with E-state index in [2.05, 4.69) is 12.2 Å². The van der Waals surface area contributed by atoms with Crippen LogP contribution in [-0.2, 0) is 16.0 Å². The summed E-state index contributed by atoms with van der Waals surface area (Å²) in [5.41, 5.74) is 0.969.